The lowest BCUT2D eigenvalue weighted by molar-refractivity contribution is 0.660. The van der Waals surface area contributed by atoms with E-state index in [9.17, 15) is 0 Å². The van der Waals surface area contributed by atoms with E-state index >= 15 is 0 Å². The molecule has 0 saturated heterocycles. The summed E-state index contributed by atoms with van der Waals surface area (Å²) in [6, 6.07) is 29.7. The first-order valence-corrected chi connectivity index (χ1v) is 10.5. The minimum Gasteiger partial charge on any atom is -0.0619 e. The minimum absolute atomic E-state index is 0.0413. The van der Waals surface area contributed by atoms with Gasteiger partial charge in [-0.1, -0.05) is 92.2 Å². The third-order valence-corrected chi connectivity index (χ3v) is 6.96. The lowest BCUT2D eigenvalue weighted by Crippen LogP contribution is -2.15. The number of benzene rings is 4. The van der Waals surface area contributed by atoms with Crippen LogP contribution in [0.15, 0.2) is 78.9 Å². The Morgan fingerprint density at radius 2 is 1.21 bits per heavy atom. The van der Waals surface area contributed by atoms with E-state index in [-0.39, 0.29) is 5.41 Å². The number of hydrogen-bond acceptors (Lipinski definition) is 0. The molecule has 0 amide bonds. The van der Waals surface area contributed by atoms with Gasteiger partial charge >= 0.3 is 0 Å². The molecule has 4 aromatic rings. The smallest absolute Gasteiger partial charge is 0.0159 e. The maximum Gasteiger partial charge on any atom is 0.0159 e. The second-order valence-corrected chi connectivity index (χ2v) is 9.14. The fraction of sp³-hybridized carbons (Fsp3) is 0.172. The first kappa shape index (κ1) is 16.8. The molecule has 0 fully saturated rings. The molecule has 0 N–H and O–H groups in total. The molecular formula is C29H24. The van der Waals surface area contributed by atoms with Gasteiger partial charge < -0.3 is 0 Å². The molecule has 0 spiro atoms. The number of fused-ring (bicyclic) bond motifs is 6. The van der Waals surface area contributed by atoms with Crippen molar-refractivity contribution in [1.29, 1.82) is 0 Å². The Bertz CT molecular complexity index is 1300. The fourth-order valence-corrected chi connectivity index (χ4v) is 5.36. The van der Waals surface area contributed by atoms with Crippen molar-refractivity contribution in [2.24, 2.45) is 0 Å². The van der Waals surface area contributed by atoms with Crippen LogP contribution in [-0.2, 0) is 11.8 Å². The maximum absolute atomic E-state index is 2.43. The van der Waals surface area contributed by atoms with Crippen LogP contribution in [0.4, 0.5) is 0 Å². The van der Waals surface area contributed by atoms with Gasteiger partial charge in [-0.15, -0.1) is 0 Å². The molecule has 0 aromatic heterocycles. The molecule has 4 aromatic carbocycles. The standard InChI is InChI=1S/C29H24/c1-18-8-11-25-26-13-10-20(17-28(26)29(2,3)27(25)14-18)19-9-12-24-22(15-19)16-21-6-4-5-7-23(21)24/h4-15,17H,16H2,1-3H3. The topological polar surface area (TPSA) is 0 Å². The summed E-state index contributed by atoms with van der Waals surface area (Å²) in [6.07, 6.45) is 1.04. The van der Waals surface area contributed by atoms with E-state index in [1.165, 1.54) is 61.2 Å². The Morgan fingerprint density at radius 3 is 2.03 bits per heavy atom. The van der Waals surface area contributed by atoms with Gasteiger partial charge in [-0.25, -0.2) is 0 Å². The number of hydrogen-bond donors (Lipinski definition) is 0. The fourth-order valence-electron chi connectivity index (χ4n) is 5.36. The van der Waals surface area contributed by atoms with Gasteiger partial charge in [0.2, 0.25) is 0 Å². The predicted molar refractivity (Wildman–Crippen MR) is 122 cm³/mol. The normalized spacial score (nSPS) is 14.9. The van der Waals surface area contributed by atoms with Gasteiger partial charge in [0, 0.05) is 5.41 Å². The van der Waals surface area contributed by atoms with Crippen molar-refractivity contribution in [2.45, 2.75) is 32.6 Å². The Balaban J connectivity index is 1.46. The van der Waals surface area contributed by atoms with Crippen LogP contribution in [0, 0.1) is 6.92 Å². The summed E-state index contributed by atoms with van der Waals surface area (Å²) in [5.74, 6) is 0. The first-order chi connectivity index (χ1) is 14.0. The lowest BCUT2D eigenvalue weighted by atomic mass is 9.81. The third-order valence-electron chi connectivity index (χ3n) is 6.96. The average Bonchev–Trinajstić information content (AvgIpc) is 3.20. The number of aryl methyl sites for hydroxylation is 1. The summed E-state index contributed by atoms with van der Waals surface area (Å²) >= 11 is 0. The van der Waals surface area contributed by atoms with Crippen molar-refractivity contribution in [3.63, 3.8) is 0 Å². The van der Waals surface area contributed by atoms with Gasteiger partial charge in [0.05, 0.1) is 0 Å². The molecule has 0 unspecified atom stereocenters. The van der Waals surface area contributed by atoms with Crippen LogP contribution in [0.1, 0.15) is 41.7 Å². The van der Waals surface area contributed by atoms with E-state index in [1.807, 2.05) is 0 Å². The number of rotatable bonds is 1. The highest BCUT2D eigenvalue weighted by Gasteiger charge is 2.35. The molecule has 6 rings (SSSR count). The molecule has 0 radical (unpaired) electrons. The molecule has 29 heavy (non-hydrogen) atoms. The van der Waals surface area contributed by atoms with E-state index in [0.717, 1.165) is 6.42 Å². The zero-order valence-electron chi connectivity index (χ0n) is 17.2. The zero-order valence-corrected chi connectivity index (χ0v) is 17.2. The van der Waals surface area contributed by atoms with Crippen molar-refractivity contribution < 1.29 is 0 Å². The molecule has 0 nitrogen and oxygen atoms in total. The van der Waals surface area contributed by atoms with Crippen LogP contribution >= 0.6 is 0 Å². The van der Waals surface area contributed by atoms with E-state index in [1.54, 1.807) is 0 Å². The summed E-state index contributed by atoms with van der Waals surface area (Å²) in [7, 11) is 0. The van der Waals surface area contributed by atoms with Crippen LogP contribution < -0.4 is 0 Å². The van der Waals surface area contributed by atoms with E-state index < -0.39 is 0 Å². The highest BCUT2D eigenvalue weighted by molar-refractivity contribution is 5.85. The molecule has 0 atom stereocenters. The van der Waals surface area contributed by atoms with Crippen LogP contribution in [0.5, 0.6) is 0 Å². The Labute approximate surface area is 172 Å². The molecule has 2 aliphatic carbocycles. The van der Waals surface area contributed by atoms with Crippen LogP contribution in [0.2, 0.25) is 0 Å². The molecule has 0 saturated carbocycles. The van der Waals surface area contributed by atoms with Crippen LogP contribution in [0.25, 0.3) is 33.4 Å². The maximum atomic E-state index is 2.43. The molecule has 0 heteroatoms. The van der Waals surface area contributed by atoms with Gasteiger partial charge in [0.25, 0.3) is 0 Å². The van der Waals surface area contributed by atoms with Gasteiger partial charge in [-0.3, -0.25) is 0 Å². The van der Waals surface area contributed by atoms with Crippen molar-refractivity contribution in [2.75, 3.05) is 0 Å². The first-order valence-electron chi connectivity index (χ1n) is 10.5. The quantitative estimate of drug-likeness (QED) is 0.285. The summed E-state index contributed by atoms with van der Waals surface area (Å²) in [6.45, 7) is 6.91. The van der Waals surface area contributed by atoms with Crippen molar-refractivity contribution >= 4 is 0 Å². The van der Waals surface area contributed by atoms with Gasteiger partial charge in [-0.2, -0.15) is 0 Å². The van der Waals surface area contributed by atoms with Crippen LogP contribution in [0.3, 0.4) is 0 Å². The molecule has 140 valence electrons. The lowest BCUT2D eigenvalue weighted by Gasteiger charge is -2.22. The Hall–Kier alpha value is -3.12. The van der Waals surface area contributed by atoms with Crippen LogP contribution in [-0.4, -0.2) is 0 Å². The summed E-state index contributed by atoms with van der Waals surface area (Å²) in [4.78, 5) is 0. The largest absolute Gasteiger partial charge is 0.0619 e. The molecule has 0 bridgehead atoms. The summed E-state index contributed by atoms with van der Waals surface area (Å²) < 4.78 is 0. The van der Waals surface area contributed by atoms with Crippen molar-refractivity contribution in [3.05, 3.63) is 107 Å². The zero-order chi connectivity index (χ0) is 19.8. The molecule has 2 aliphatic rings. The Kier molecular flexibility index (Phi) is 3.30. The molecular weight excluding hydrogens is 348 g/mol. The second-order valence-electron chi connectivity index (χ2n) is 9.14. The summed E-state index contributed by atoms with van der Waals surface area (Å²) in [5.41, 5.74) is 15.4. The highest BCUT2D eigenvalue weighted by Crippen LogP contribution is 2.50. The SMILES string of the molecule is Cc1ccc2c(c1)C(C)(C)c1cc(-c3ccc4c(c3)Cc3ccccc3-4)ccc1-2. The monoisotopic (exact) mass is 372 g/mol. The highest BCUT2D eigenvalue weighted by atomic mass is 14.4. The van der Waals surface area contributed by atoms with Crippen molar-refractivity contribution in [1.82, 2.24) is 0 Å². The van der Waals surface area contributed by atoms with E-state index in [4.69, 9.17) is 0 Å². The molecule has 0 heterocycles. The second kappa shape index (κ2) is 5.70. The average molecular weight is 373 g/mol. The van der Waals surface area contributed by atoms with E-state index in [2.05, 4.69) is 99.6 Å². The molecule has 0 aliphatic heterocycles. The third kappa shape index (κ3) is 2.32. The predicted octanol–water partition coefficient (Wildman–Crippen LogP) is 7.54. The Morgan fingerprint density at radius 1 is 0.586 bits per heavy atom. The van der Waals surface area contributed by atoms with E-state index in [0.29, 0.717) is 0 Å². The minimum atomic E-state index is 0.0413. The van der Waals surface area contributed by atoms with Gasteiger partial charge in [-0.05, 0) is 75.0 Å². The summed E-state index contributed by atoms with van der Waals surface area (Å²) in [5, 5.41) is 0. The van der Waals surface area contributed by atoms with Gasteiger partial charge in [0.1, 0.15) is 0 Å². The van der Waals surface area contributed by atoms with Crippen molar-refractivity contribution in [3.8, 4) is 33.4 Å². The van der Waals surface area contributed by atoms with Gasteiger partial charge in [0.15, 0.2) is 0 Å².